The number of aromatic nitrogens is 1. The van der Waals surface area contributed by atoms with Crippen molar-refractivity contribution in [3.8, 4) is 0 Å². The number of pyridine rings is 1. The Morgan fingerprint density at radius 3 is 2.94 bits per heavy atom. The molecule has 1 saturated heterocycles. The zero-order valence-corrected chi connectivity index (χ0v) is 9.94. The standard InChI is InChI=1S/C13H18N2O/c1-10-4-3-7-15(9-10)13(16)12-6-5-11(2)14-8-12/h5-6,8,10H,3-4,7,9H2,1-2H3. The molecule has 0 spiro atoms. The van der Waals surface area contributed by atoms with Crippen LogP contribution in [-0.4, -0.2) is 28.9 Å². The molecule has 3 nitrogen and oxygen atoms in total. The molecule has 1 amide bonds. The van der Waals surface area contributed by atoms with E-state index in [1.165, 1.54) is 6.42 Å². The van der Waals surface area contributed by atoms with E-state index in [0.717, 1.165) is 25.2 Å². The first-order valence-electron chi connectivity index (χ1n) is 5.89. The van der Waals surface area contributed by atoms with E-state index < -0.39 is 0 Å². The first-order valence-corrected chi connectivity index (χ1v) is 5.89. The minimum absolute atomic E-state index is 0.124. The summed E-state index contributed by atoms with van der Waals surface area (Å²) in [7, 11) is 0. The number of carbonyl (C=O) groups excluding carboxylic acids is 1. The lowest BCUT2D eigenvalue weighted by Crippen LogP contribution is -2.39. The predicted octanol–water partition coefficient (Wildman–Crippen LogP) is 2.26. The van der Waals surface area contributed by atoms with Crippen molar-refractivity contribution in [1.29, 1.82) is 0 Å². The first-order chi connectivity index (χ1) is 7.66. The number of hydrogen-bond donors (Lipinski definition) is 0. The Bertz CT molecular complexity index is 372. The molecule has 1 atom stereocenters. The highest BCUT2D eigenvalue weighted by Crippen LogP contribution is 2.17. The minimum atomic E-state index is 0.124. The molecule has 1 aliphatic heterocycles. The number of likely N-dealkylation sites (tertiary alicyclic amines) is 1. The number of rotatable bonds is 1. The zero-order valence-electron chi connectivity index (χ0n) is 9.94. The van der Waals surface area contributed by atoms with Gasteiger partial charge in [-0.3, -0.25) is 9.78 Å². The normalized spacial score (nSPS) is 20.9. The largest absolute Gasteiger partial charge is 0.338 e. The van der Waals surface area contributed by atoms with Gasteiger partial charge in [0, 0.05) is 25.0 Å². The number of hydrogen-bond acceptors (Lipinski definition) is 2. The molecule has 1 unspecified atom stereocenters. The van der Waals surface area contributed by atoms with Crippen molar-refractivity contribution in [3.63, 3.8) is 0 Å². The molecular weight excluding hydrogens is 200 g/mol. The van der Waals surface area contributed by atoms with Gasteiger partial charge in [-0.25, -0.2) is 0 Å². The molecule has 16 heavy (non-hydrogen) atoms. The molecule has 2 heterocycles. The molecule has 2 rings (SSSR count). The Morgan fingerprint density at radius 1 is 1.50 bits per heavy atom. The summed E-state index contributed by atoms with van der Waals surface area (Å²) >= 11 is 0. The maximum absolute atomic E-state index is 12.1. The van der Waals surface area contributed by atoms with Gasteiger partial charge in [0.05, 0.1) is 5.56 Å². The van der Waals surface area contributed by atoms with Crippen molar-refractivity contribution in [3.05, 3.63) is 29.6 Å². The zero-order chi connectivity index (χ0) is 11.5. The molecule has 0 radical (unpaired) electrons. The molecule has 0 bridgehead atoms. The molecule has 86 valence electrons. The maximum atomic E-state index is 12.1. The first kappa shape index (κ1) is 11.1. The van der Waals surface area contributed by atoms with E-state index in [9.17, 15) is 4.79 Å². The molecule has 3 heteroatoms. The van der Waals surface area contributed by atoms with E-state index >= 15 is 0 Å². The second-order valence-corrected chi connectivity index (χ2v) is 4.69. The highest BCUT2D eigenvalue weighted by molar-refractivity contribution is 5.93. The van der Waals surface area contributed by atoms with Crippen LogP contribution in [0, 0.1) is 12.8 Å². The lowest BCUT2D eigenvalue weighted by Gasteiger charge is -2.30. The molecule has 0 N–H and O–H groups in total. The Kier molecular flexibility index (Phi) is 3.22. The summed E-state index contributed by atoms with van der Waals surface area (Å²) < 4.78 is 0. The summed E-state index contributed by atoms with van der Waals surface area (Å²) in [6.45, 7) is 5.90. The number of aryl methyl sites for hydroxylation is 1. The molecule has 0 aromatic carbocycles. The van der Waals surface area contributed by atoms with Crippen molar-refractivity contribution in [2.75, 3.05) is 13.1 Å². The van der Waals surface area contributed by atoms with Crippen molar-refractivity contribution >= 4 is 5.91 Å². The van der Waals surface area contributed by atoms with E-state index in [-0.39, 0.29) is 5.91 Å². The van der Waals surface area contributed by atoms with Crippen molar-refractivity contribution < 1.29 is 4.79 Å². The number of carbonyl (C=O) groups is 1. The summed E-state index contributed by atoms with van der Waals surface area (Å²) in [5.74, 6) is 0.746. The van der Waals surface area contributed by atoms with Gasteiger partial charge in [-0.2, -0.15) is 0 Å². The fourth-order valence-corrected chi connectivity index (χ4v) is 2.15. The highest BCUT2D eigenvalue weighted by atomic mass is 16.2. The Labute approximate surface area is 96.5 Å². The molecular formula is C13H18N2O. The molecule has 1 aromatic rings. The lowest BCUT2D eigenvalue weighted by molar-refractivity contribution is 0.0682. The Morgan fingerprint density at radius 2 is 2.31 bits per heavy atom. The van der Waals surface area contributed by atoms with Crippen LogP contribution in [-0.2, 0) is 0 Å². The van der Waals surface area contributed by atoms with E-state index in [1.807, 2.05) is 24.0 Å². The van der Waals surface area contributed by atoms with E-state index in [2.05, 4.69) is 11.9 Å². The van der Waals surface area contributed by atoms with Gasteiger partial charge in [0.15, 0.2) is 0 Å². The predicted molar refractivity (Wildman–Crippen MR) is 63.3 cm³/mol. The van der Waals surface area contributed by atoms with Crippen LogP contribution >= 0.6 is 0 Å². The average molecular weight is 218 g/mol. The summed E-state index contributed by atoms with van der Waals surface area (Å²) in [4.78, 5) is 18.3. The van der Waals surface area contributed by atoms with Crippen LogP contribution in [0.4, 0.5) is 0 Å². The van der Waals surface area contributed by atoms with Crippen molar-refractivity contribution in [1.82, 2.24) is 9.88 Å². The summed E-state index contributed by atoms with van der Waals surface area (Å²) in [6.07, 6.45) is 4.03. The van der Waals surface area contributed by atoms with Gasteiger partial charge in [0.1, 0.15) is 0 Å². The molecule has 0 aliphatic carbocycles. The van der Waals surface area contributed by atoms with E-state index in [1.54, 1.807) is 6.20 Å². The second-order valence-electron chi connectivity index (χ2n) is 4.69. The monoisotopic (exact) mass is 218 g/mol. The topological polar surface area (TPSA) is 33.2 Å². The van der Waals surface area contributed by atoms with Crippen molar-refractivity contribution in [2.24, 2.45) is 5.92 Å². The maximum Gasteiger partial charge on any atom is 0.255 e. The molecule has 1 aromatic heterocycles. The SMILES string of the molecule is Cc1ccc(C(=O)N2CCCC(C)C2)cn1. The van der Waals surface area contributed by atoms with Gasteiger partial charge in [0.25, 0.3) is 5.91 Å². The van der Waals surface area contributed by atoms with Crippen LogP contribution in [0.3, 0.4) is 0 Å². The lowest BCUT2D eigenvalue weighted by atomic mass is 10.00. The van der Waals surface area contributed by atoms with Gasteiger partial charge in [-0.05, 0) is 37.8 Å². The van der Waals surface area contributed by atoms with Crippen LogP contribution in [0.15, 0.2) is 18.3 Å². The minimum Gasteiger partial charge on any atom is -0.338 e. The number of piperidine rings is 1. The van der Waals surface area contributed by atoms with Gasteiger partial charge in [-0.1, -0.05) is 6.92 Å². The van der Waals surface area contributed by atoms with E-state index in [0.29, 0.717) is 11.5 Å². The van der Waals surface area contributed by atoms with Gasteiger partial charge >= 0.3 is 0 Å². The number of amides is 1. The fourth-order valence-electron chi connectivity index (χ4n) is 2.15. The third-order valence-corrected chi connectivity index (χ3v) is 3.10. The summed E-state index contributed by atoms with van der Waals surface area (Å²) in [5, 5.41) is 0. The molecule has 0 saturated carbocycles. The van der Waals surface area contributed by atoms with Gasteiger partial charge in [0.2, 0.25) is 0 Å². The molecule has 1 fully saturated rings. The smallest absolute Gasteiger partial charge is 0.255 e. The second kappa shape index (κ2) is 4.64. The van der Waals surface area contributed by atoms with Crippen molar-refractivity contribution in [2.45, 2.75) is 26.7 Å². The van der Waals surface area contributed by atoms with Crippen LogP contribution < -0.4 is 0 Å². The third-order valence-electron chi connectivity index (χ3n) is 3.10. The van der Waals surface area contributed by atoms with Crippen LogP contribution in [0.1, 0.15) is 35.8 Å². The Hall–Kier alpha value is -1.38. The van der Waals surface area contributed by atoms with Crippen LogP contribution in [0.2, 0.25) is 0 Å². The molecule has 1 aliphatic rings. The summed E-state index contributed by atoms with van der Waals surface area (Å²) in [5.41, 5.74) is 1.66. The van der Waals surface area contributed by atoms with Gasteiger partial charge < -0.3 is 4.90 Å². The average Bonchev–Trinajstić information content (AvgIpc) is 2.29. The fraction of sp³-hybridized carbons (Fsp3) is 0.538. The highest BCUT2D eigenvalue weighted by Gasteiger charge is 2.21. The van der Waals surface area contributed by atoms with Gasteiger partial charge in [-0.15, -0.1) is 0 Å². The van der Waals surface area contributed by atoms with E-state index in [4.69, 9.17) is 0 Å². The van der Waals surface area contributed by atoms with Crippen LogP contribution in [0.25, 0.3) is 0 Å². The van der Waals surface area contributed by atoms with Crippen LogP contribution in [0.5, 0.6) is 0 Å². The Balaban J connectivity index is 2.09. The quantitative estimate of drug-likeness (QED) is 0.724. The summed E-state index contributed by atoms with van der Waals surface area (Å²) in [6, 6.07) is 3.75. The third kappa shape index (κ3) is 2.40. The number of nitrogens with zero attached hydrogens (tertiary/aromatic N) is 2.